The highest BCUT2D eigenvalue weighted by Gasteiger charge is 2.53. The molecule has 10 nitrogen and oxygen atoms in total. The lowest BCUT2D eigenvalue weighted by molar-refractivity contribution is -0.162. The van der Waals surface area contributed by atoms with Gasteiger partial charge in [0, 0.05) is 26.2 Å². The molecular weight excluding hydrogens is 452 g/mol. The van der Waals surface area contributed by atoms with Crippen LogP contribution in [0.25, 0.3) is 0 Å². The molecule has 35 heavy (non-hydrogen) atoms. The number of piperazine rings is 1. The van der Waals surface area contributed by atoms with E-state index in [1.165, 1.54) is 0 Å². The first-order valence-corrected chi connectivity index (χ1v) is 12.4. The molecule has 0 unspecified atom stereocenters. The summed E-state index contributed by atoms with van der Waals surface area (Å²) < 4.78 is 5.19. The molecule has 2 fully saturated rings. The third-order valence-electron chi connectivity index (χ3n) is 6.70. The minimum Gasteiger partial charge on any atom is -0.480 e. The van der Waals surface area contributed by atoms with Crippen LogP contribution in [0.5, 0.6) is 0 Å². The third kappa shape index (κ3) is 6.94. The van der Waals surface area contributed by atoms with E-state index in [9.17, 15) is 19.2 Å². The average Bonchev–Trinajstić information content (AvgIpc) is 2.85. The molecule has 2 aliphatic rings. The Labute approximate surface area is 206 Å². The lowest BCUT2D eigenvalue weighted by atomic mass is 9.81. The number of nitrogens with zero attached hydrogens (tertiary/aromatic N) is 2. The molecule has 1 aromatic rings. The van der Waals surface area contributed by atoms with Crippen LogP contribution in [0.15, 0.2) is 30.3 Å². The number of hydrogen-bond donors (Lipinski definition) is 3. The van der Waals surface area contributed by atoms with Crippen LogP contribution in [0.3, 0.4) is 0 Å². The van der Waals surface area contributed by atoms with Gasteiger partial charge in [0.1, 0.15) is 18.2 Å². The fourth-order valence-corrected chi connectivity index (χ4v) is 4.83. The van der Waals surface area contributed by atoms with Crippen molar-refractivity contribution in [2.75, 3.05) is 32.7 Å². The number of hydrogen-bond acceptors (Lipinski definition) is 6. The topological polar surface area (TPSA) is 128 Å². The zero-order valence-electron chi connectivity index (χ0n) is 20.3. The predicted molar refractivity (Wildman–Crippen MR) is 128 cm³/mol. The van der Waals surface area contributed by atoms with Gasteiger partial charge in [0.05, 0.1) is 6.54 Å². The van der Waals surface area contributed by atoms with Gasteiger partial charge in [0.15, 0.2) is 0 Å². The zero-order valence-corrected chi connectivity index (χ0v) is 20.3. The van der Waals surface area contributed by atoms with Crippen molar-refractivity contribution in [2.24, 2.45) is 0 Å². The first-order valence-electron chi connectivity index (χ1n) is 12.4. The second kappa shape index (κ2) is 12.5. The first-order chi connectivity index (χ1) is 16.9. The van der Waals surface area contributed by atoms with Gasteiger partial charge in [-0.1, -0.05) is 37.3 Å². The fraction of sp³-hybridized carbons (Fsp3) is 0.600. The Morgan fingerprint density at radius 2 is 1.89 bits per heavy atom. The molecule has 0 aromatic heterocycles. The van der Waals surface area contributed by atoms with Crippen LogP contribution < -0.4 is 10.6 Å². The average molecular weight is 489 g/mol. The molecule has 3 rings (SSSR count). The lowest BCUT2D eigenvalue weighted by Gasteiger charge is -2.51. The minimum atomic E-state index is -0.900. The van der Waals surface area contributed by atoms with Gasteiger partial charge in [-0.25, -0.2) is 4.79 Å². The van der Waals surface area contributed by atoms with Gasteiger partial charge < -0.3 is 25.4 Å². The normalized spacial score (nSPS) is 19.9. The molecule has 1 aromatic carbocycles. The molecule has 0 radical (unpaired) electrons. The zero-order chi connectivity index (χ0) is 25.3. The van der Waals surface area contributed by atoms with Crippen molar-refractivity contribution in [3.63, 3.8) is 0 Å². The summed E-state index contributed by atoms with van der Waals surface area (Å²) in [7, 11) is 0. The summed E-state index contributed by atoms with van der Waals surface area (Å²) in [5.74, 6) is -1.11. The lowest BCUT2D eigenvalue weighted by Crippen LogP contribution is -2.73. The predicted octanol–water partition coefficient (Wildman–Crippen LogP) is 1.74. The van der Waals surface area contributed by atoms with Gasteiger partial charge in [0.2, 0.25) is 11.8 Å². The number of ether oxygens (including phenoxy) is 1. The van der Waals surface area contributed by atoms with Gasteiger partial charge in [-0.2, -0.15) is 0 Å². The quantitative estimate of drug-likeness (QED) is 0.405. The number of benzene rings is 1. The summed E-state index contributed by atoms with van der Waals surface area (Å²) in [6, 6.07) is 8.85. The Morgan fingerprint density at radius 1 is 1.17 bits per heavy atom. The minimum absolute atomic E-state index is 0.0596. The van der Waals surface area contributed by atoms with E-state index in [0.29, 0.717) is 58.3 Å². The van der Waals surface area contributed by atoms with Crippen LogP contribution >= 0.6 is 0 Å². The van der Waals surface area contributed by atoms with Crippen molar-refractivity contribution in [1.82, 2.24) is 20.4 Å². The number of alkyl carbamates (subject to hydrolysis) is 1. The Morgan fingerprint density at radius 3 is 2.54 bits per heavy atom. The van der Waals surface area contributed by atoms with Crippen molar-refractivity contribution in [1.29, 1.82) is 0 Å². The van der Waals surface area contributed by atoms with E-state index in [1.54, 1.807) is 9.80 Å². The molecule has 192 valence electrons. The Hall–Kier alpha value is -3.14. The fourth-order valence-electron chi connectivity index (χ4n) is 4.83. The second-order valence-electron chi connectivity index (χ2n) is 9.20. The number of carbonyl (C=O) groups is 4. The van der Waals surface area contributed by atoms with Crippen LogP contribution in [0.1, 0.15) is 51.0 Å². The number of unbranched alkanes of at least 4 members (excludes halogenated alkanes) is 1. The van der Waals surface area contributed by atoms with E-state index in [-0.39, 0.29) is 25.0 Å². The molecule has 1 atom stereocenters. The molecule has 3 amide bonds. The maximum Gasteiger partial charge on any atom is 0.407 e. The number of nitrogens with one attached hydrogen (secondary N) is 2. The highest BCUT2D eigenvalue weighted by Crippen LogP contribution is 2.33. The van der Waals surface area contributed by atoms with Crippen molar-refractivity contribution in [3.05, 3.63) is 35.9 Å². The van der Waals surface area contributed by atoms with Gasteiger partial charge in [-0.15, -0.1) is 0 Å². The smallest absolute Gasteiger partial charge is 0.407 e. The third-order valence-corrected chi connectivity index (χ3v) is 6.70. The number of carboxylic acid groups (broad SMARTS) is 1. The molecule has 3 N–H and O–H groups in total. The van der Waals surface area contributed by atoms with Crippen LogP contribution in [0.2, 0.25) is 0 Å². The molecule has 1 spiro atoms. The Kier molecular flexibility index (Phi) is 9.47. The maximum atomic E-state index is 13.3. The summed E-state index contributed by atoms with van der Waals surface area (Å²) in [4.78, 5) is 52.9. The van der Waals surface area contributed by atoms with E-state index >= 15 is 0 Å². The van der Waals surface area contributed by atoms with Crippen molar-refractivity contribution < 1.29 is 29.0 Å². The number of carbonyl (C=O) groups excluding carboxylic acids is 3. The van der Waals surface area contributed by atoms with Crippen LogP contribution in [-0.4, -0.2) is 83.1 Å². The highest BCUT2D eigenvalue weighted by atomic mass is 16.5. The van der Waals surface area contributed by atoms with Crippen LogP contribution in [-0.2, 0) is 25.7 Å². The standard InChI is InChI=1S/C25H36N4O6/c1-2-14-29-22(32)20(27-23(33)25(29)11-15-28(16-12-25)17-21(30)31)10-6-7-13-26-24(34)35-18-19-8-4-3-5-9-19/h3-5,8-9,20H,2,6-7,10-18H2,1H3,(H,26,34)(H,27,33)(H,30,31)/t20-/m0/s1. The van der Waals surface area contributed by atoms with Crippen molar-refractivity contribution in [2.45, 2.75) is 63.6 Å². The molecule has 0 saturated carbocycles. The molecule has 0 aliphatic carbocycles. The molecule has 2 saturated heterocycles. The number of carboxylic acids is 1. The molecule has 2 aliphatic heterocycles. The van der Waals surface area contributed by atoms with Gasteiger partial charge in [-0.3, -0.25) is 19.3 Å². The molecule has 0 bridgehead atoms. The molecule has 2 heterocycles. The summed E-state index contributed by atoms with van der Waals surface area (Å²) in [5, 5.41) is 14.7. The van der Waals surface area contributed by atoms with Crippen LogP contribution in [0, 0.1) is 0 Å². The number of rotatable bonds is 11. The first kappa shape index (κ1) is 26.5. The summed E-state index contributed by atoms with van der Waals surface area (Å²) in [6.07, 6.45) is 2.92. The van der Waals surface area contributed by atoms with Gasteiger partial charge >= 0.3 is 12.1 Å². The summed E-state index contributed by atoms with van der Waals surface area (Å²) in [5.41, 5.74) is 0.0130. The van der Waals surface area contributed by atoms with E-state index in [0.717, 1.165) is 12.0 Å². The Balaban J connectivity index is 1.44. The summed E-state index contributed by atoms with van der Waals surface area (Å²) in [6.45, 7) is 3.97. The van der Waals surface area contributed by atoms with Crippen molar-refractivity contribution in [3.8, 4) is 0 Å². The summed E-state index contributed by atoms with van der Waals surface area (Å²) >= 11 is 0. The number of likely N-dealkylation sites (tertiary alicyclic amines) is 1. The van der Waals surface area contributed by atoms with E-state index in [4.69, 9.17) is 9.84 Å². The van der Waals surface area contributed by atoms with E-state index < -0.39 is 23.6 Å². The number of piperidine rings is 1. The van der Waals surface area contributed by atoms with Crippen LogP contribution in [0.4, 0.5) is 4.79 Å². The monoisotopic (exact) mass is 488 g/mol. The SMILES string of the molecule is CCCN1C(=O)[C@H](CCCCNC(=O)OCc2ccccc2)NC(=O)C12CCN(CC(=O)O)CC2. The van der Waals surface area contributed by atoms with E-state index in [2.05, 4.69) is 10.6 Å². The Bertz CT molecular complexity index is 885. The molecular formula is C25H36N4O6. The van der Waals surface area contributed by atoms with Gasteiger partial charge in [0.25, 0.3) is 0 Å². The number of amides is 3. The van der Waals surface area contributed by atoms with Crippen molar-refractivity contribution >= 4 is 23.9 Å². The number of aliphatic carboxylic acids is 1. The van der Waals surface area contributed by atoms with E-state index in [1.807, 2.05) is 37.3 Å². The van der Waals surface area contributed by atoms with Gasteiger partial charge in [-0.05, 0) is 44.1 Å². The largest absolute Gasteiger partial charge is 0.480 e. The highest BCUT2D eigenvalue weighted by molar-refractivity contribution is 6.00. The maximum absolute atomic E-state index is 13.3. The molecule has 10 heteroatoms. The second-order valence-corrected chi connectivity index (χ2v) is 9.20.